The maximum Gasteiger partial charge on any atom is 0.435 e. The van der Waals surface area contributed by atoms with Gasteiger partial charge >= 0.3 is 6.18 Å². The lowest BCUT2D eigenvalue weighted by atomic mass is 10.1. The Balaban J connectivity index is 1.53. The Kier molecular flexibility index (Phi) is 7.07. The van der Waals surface area contributed by atoms with E-state index in [2.05, 4.69) is 39.6 Å². The normalized spacial score (nSPS) is 11.6. The number of halogens is 3. The van der Waals surface area contributed by atoms with Crippen LogP contribution < -0.4 is 10.3 Å². The fourth-order valence-corrected chi connectivity index (χ4v) is 2.92. The minimum Gasteiger partial charge on any atom is -0.367 e. The van der Waals surface area contributed by atoms with Crippen LogP contribution >= 0.6 is 0 Å². The number of rotatable bonds is 8. The molecular weight excluding hydrogens is 407 g/mol. The summed E-state index contributed by atoms with van der Waals surface area (Å²) in [5.41, 5.74) is 4.30. The van der Waals surface area contributed by atoms with Gasteiger partial charge in [-0.2, -0.15) is 23.4 Å². The van der Waals surface area contributed by atoms with Gasteiger partial charge in [0, 0.05) is 25.0 Å². The van der Waals surface area contributed by atoms with Gasteiger partial charge in [0.25, 0.3) is 5.91 Å². The molecule has 0 radical (unpaired) electrons. The molecule has 0 bridgehead atoms. The third-order valence-electron chi connectivity index (χ3n) is 4.50. The van der Waals surface area contributed by atoms with E-state index in [9.17, 15) is 18.0 Å². The van der Waals surface area contributed by atoms with Gasteiger partial charge in [-0.1, -0.05) is 42.5 Å². The monoisotopic (exact) mass is 429 g/mol. The van der Waals surface area contributed by atoms with Crippen LogP contribution in [0.2, 0.25) is 0 Å². The Hall–Kier alpha value is -3.62. The standard InChI is InChI=1S/C22H22F3N5O/c1-2-29(15-18-6-4-3-5-7-18)19-10-8-17(9-11-19)14-26-27-21(31)16-30-13-12-20(28-30)22(23,24)25/h3-14H,2,15-16H2,1H3,(H,27,31). The van der Waals surface area contributed by atoms with E-state index in [1.165, 1.54) is 11.8 Å². The van der Waals surface area contributed by atoms with E-state index in [1.54, 1.807) is 0 Å². The van der Waals surface area contributed by atoms with Crippen LogP contribution in [0.25, 0.3) is 0 Å². The predicted molar refractivity (Wildman–Crippen MR) is 113 cm³/mol. The number of nitrogens with one attached hydrogen (secondary N) is 1. The average Bonchev–Trinajstić information content (AvgIpc) is 3.22. The summed E-state index contributed by atoms with van der Waals surface area (Å²) in [4.78, 5) is 14.1. The van der Waals surface area contributed by atoms with E-state index >= 15 is 0 Å². The molecule has 6 nitrogen and oxygen atoms in total. The number of carbonyl (C=O) groups excluding carboxylic acids is 1. The van der Waals surface area contributed by atoms with Gasteiger partial charge in [0.2, 0.25) is 0 Å². The molecular formula is C22H22F3N5O. The van der Waals surface area contributed by atoms with Gasteiger partial charge in [-0.3, -0.25) is 9.48 Å². The van der Waals surface area contributed by atoms with Crippen LogP contribution in [0.1, 0.15) is 23.7 Å². The van der Waals surface area contributed by atoms with Crippen LogP contribution in [0, 0.1) is 0 Å². The van der Waals surface area contributed by atoms with Crippen molar-refractivity contribution in [1.29, 1.82) is 0 Å². The molecule has 0 spiro atoms. The fraction of sp³-hybridized carbons (Fsp3) is 0.227. The molecule has 0 aliphatic heterocycles. The summed E-state index contributed by atoms with van der Waals surface area (Å²) in [5, 5.41) is 7.18. The molecule has 0 aliphatic carbocycles. The number of alkyl halides is 3. The summed E-state index contributed by atoms with van der Waals surface area (Å²) < 4.78 is 38.5. The van der Waals surface area contributed by atoms with Crippen LogP contribution in [-0.2, 0) is 24.1 Å². The molecule has 1 heterocycles. The van der Waals surface area contributed by atoms with Gasteiger partial charge in [0.05, 0.1) is 6.21 Å². The van der Waals surface area contributed by atoms with E-state index < -0.39 is 17.8 Å². The molecule has 0 aliphatic rings. The molecule has 162 valence electrons. The number of hydrazone groups is 1. The smallest absolute Gasteiger partial charge is 0.367 e. The second-order valence-electron chi connectivity index (χ2n) is 6.78. The van der Waals surface area contributed by atoms with Gasteiger partial charge in [0.15, 0.2) is 5.69 Å². The van der Waals surface area contributed by atoms with Crippen molar-refractivity contribution in [1.82, 2.24) is 15.2 Å². The van der Waals surface area contributed by atoms with Crippen LogP contribution in [0.3, 0.4) is 0 Å². The molecule has 0 atom stereocenters. The van der Waals surface area contributed by atoms with E-state index in [-0.39, 0.29) is 6.54 Å². The van der Waals surface area contributed by atoms with Crippen LogP contribution in [0.4, 0.5) is 18.9 Å². The number of benzene rings is 2. The highest BCUT2D eigenvalue weighted by molar-refractivity contribution is 5.82. The number of aromatic nitrogens is 2. The summed E-state index contributed by atoms with van der Waals surface area (Å²) >= 11 is 0. The number of anilines is 1. The van der Waals surface area contributed by atoms with E-state index in [0.29, 0.717) is 0 Å². The first-order valence-electron chi connectivity index (χ1n) is 9.66. The molecule has 0 unspecified atom stereocenters. The second kappa shape index (κ2) is 9.92. The minimum atomic E-state index is -4.54. The van der Waals surface area contributed by atoms with Crippen molar-refractivity contribution in [3.63, 3.8) is 0 Å². The summed E-state index contributed by atoms with van der Waals surface area (Å²) in [6, 6.07) is 18.7. The van der Waals surface area contributed by atoms with Gasteiger partial charge in [0.1, 0.15) is 6.54 Å². The first-order valence-corrected chi connectivity index (χ1v) is 9.66. The van der Waals surface area contributed by atoms with Crippen molar-refractivity contribution in [2.75, 3.05) is 11.4 Å². The summed E-state index contributed by atoms with van der Waals surface area (Å²) in [7, 11) is 0. The van der Waals surface area contributed by atoms with Crippen molar-refractivity contribution < 1.29 is 18.0 Å². The molecule has 31 heavy (non-hydrogen) atoms. The SMILES string of the molecule is CCN(Cc1ccccc1)c1ccc(C=NNC(=O)Cn2ccc(C(F)(F)F)n2)cc1. The van der Waals surface area contributed by atoms with Crippen molar-refractivity contribution in [3.8, 4) is 0 Å². The van der Waals surface area contributed by atoms with Crippen LogP contribution in [0.5, 0.6) is 0 Å². The largest absolute Gasteiger partial charge is 0.435 e. The Morgan fingerprint density at radius 3 is 2.45 bits per heavy atom. The Labute approximate surface area is 178 Å². The lowest BCUT2D eigenvalue weighted by Crippen LogP contribution is -2.24. The molecule has 0 fully saturated rings. The van der Waals surface area contributed by atoms with Gasteiger partial charge in [-0.15, -0.1) is 0 Å². The number of nitrogens with zero attached hydrogens (tertiary/aromatic N) is 4. The number of carbonyl (C=O) groups is 1. The van der Waals surface area contributed by atoms with Crippen LogP contribution in [-0.4, -0.2) is 28.4 Å². The number of amides is 1. The molecule has 9 heteroatoms. The zero-order chi connectivity index (χ0) is 22.3. The molecule has 0 saturated carbocycles. The minimum absolute atomic E-state index is 0.364. The van der Waals surface area contributed by atoms with Gasteiger partial charge in [-0.25, -0.2) is 5.43 Å². The number of hydrogen-bond acceptors (Lipinski definition) is 4. The lowest BCUT2D eigenvalue weighted by molar-refractivity contribution is -0.141. The first-order chi connectivity index (χ1) is 14.8. The third kappa shape index (κ3) is 6.43. The molecule has 2 aromatic carbocycles. The molecule has 1 amide bonds. The summed E-state index contributed by atoms with van der Waals surface area (Å²) in [6.07, 6.45) is -1.97. The Morgan fingerprint density at radius 2 is 1.84 bits per heavy atom. The van der Waals surface area contributed by atoms with Gasteiger partial charge in [-0.05, 0) is 36.2 Å². The van der Waals surface area contributed by atoms with Crippen molar-refractivity contribution >= 4 is 17.8 Å². The topological polar surface area (TPSA) is 62.5 Å². The summed E-state index contributed by atoms with van der Waals surface area (Å²) in [5.74, 6) is -0.579. The van der Waals surface area contributed by atoms with E-state index in [0.717, 1.165) is 41.3 Å². The highest BCUT2D eigenvalue weighted by Crippen LogP contribution is 2.27. The van der Waals surface area contributed by atoms with Crippen molar-refractivity contribution in [2.24, 2.45) is 5.10 Å². The zero-order valence-electron chi connectivity index (χ0n) is 16.9. The van der Waals surface area contributed by atoms with Gasteiger partial charge < -0.3 is 4.90 Å². The number of hydrogen-bond donors (Lipinski definition) is 1. The quantitative estimate of drug-likeness (QED) is 0.434. The Bertz CT molecular complexity index is 1010. The molecule has 3 rings (SSSR count). The second-order valence-corrected chi connectivity index (χ2v) is 6.78. The molecule has 3 aromatic rings. The van der Waals surface area contributed by atoms with E-state index in [1.807, 2.05) is 42.5 Å². The maximum atomic E-state index is 12.5. The highest BCUT2D eigenvalue weighted by atomic mass is 19.4. The van der Waals surface area contributed by atoms with E-state index in [4.69, 9.17) is 0 Å². The van der Waals surface area contributed by atoms with Crippen LogP contribution in [0.15, 0.2) is 72.0 Å². The fourth-order valence-electron chi connectivity index (χ4n) is 2.92. The Morgan fingerprint density at radius 1 is 1.13 bits per heavy atom. The highest BCUT2D eigenvalue weighted by Gasteiger charge is 2.33. The van der Waals surface area contributed by atoms with Crippen molar-refractivity contribution in [3.05, 3.63) is 83.7 Å². The molecule has 0 saturated heterocycles. The average molecular weight is 429 g/mol. The summed E-state index contributed by atoms with van der Waals surface area (Å²) in [6.45, 7) is 3.37. The molecule has 1 aromatic heterocycles. The zero-order valence-corrected chi connectivity index (χ0v) is 16.9. The lowest BCUT2D eigenvalue weighted by Gasteiger charge is -2.23. The third-order valence-corrected chi connectivity index (χ3v) is 4.50. The van der Waals surface area contributed by atoms with Crippen molar-refractivity contribution in [2.45, 2.75) is 26.2 Å². The maximum absolute atomic E-state index is 12.5. The molecule has 1 N–H and O–H groups in total. The predicted octanol–water partition coefficient (Wildman–Crippen LogP) is 4.08. The first kappa shape index (κ1) is 22.1.